The van der Waals surface area contributed by atoms with Gasteiger partial charge in [0.2, 0.25) is 0 Å². The second kappa shape index (κ2) is 10.1. The van der Waals surface area contributed by atoms with Crippen LogP contribution in [0.5, 0.6) is 5.75 Å². The molecule has 0 N–H and O–H groups in total. The van der Waals surface area contributed by atoms with E-state index in [4.69, 9.17) is 26.2 Å². The zero-order valence-electron chi connectivity index (χ0n) is 17.3. The summed E-state index contributed by atoms with van der Waals surface area (Å²) < 4.78 is 13.8. The molecule has 0 spiro atoms. The first-order valence-electron chi connectivity index (χ1n) is 10.5. The third kappa shape index (κ3) is 5.63. The molecule has 1 atom stereocenters. The van der Waals surface area contributed by atoms with Gasteiger partial charge in [-0.05, 0) is 42.3 Å². The van der Waals surface area contributed by atoms with Crippen molar-refractivity contribution < 1.29 is 9.47 Å². The van der Waals surface area contributed by atoms with Gasteiger partial charge >= 0.3 is 0 Å². The predicted molar refractivity (Wildman–Crippen MR) is 119 cm³/mol. The topological polar surface area (TPSA) is 39.5 Å². The van der Waals surface area contributed by atoms with Crippen molar-refractivity contribution in [3.63, 3.8) is 0 Å². The molecule has 1 aliphatic heterocycles. The first-order valence-corrected chi connectivity index (χ1v) is 10.8. The van der Waals surface area contributed by atoms with Crippen molar-refractivity contribution in [3.8, 4) is 5.75 Å². The van der Waals surface area contributed by atoms with Gasteiger partial charge in [0.15, 0.2) is 0 Å². The lowest BCUT2D eigenvalue weighted by molar-refractivity contribution is -0.0318. The van der Waals surface area contributed by atoms with Crippen LogP contribution in [0.3, 0.4) is 0 Å². The number of aryl methyl sites for hydroxylation is 1. The Labute approximate surface area is 183 Å². The van der Waals surface area contributed by atoms with Gasteiger partial charge in [-0.1, -0.05) is 41.9 Å². The second-order valence-electron chi connectivity index (χ2n) is 7.63. The third-order valence-corrected chi connectivity index (χ3v) is 5.73. The number of ether oxygens (including phenoxy) is 2. The normalized spacial score (nSPS) is 17.2. The fourth-order valence-electron chi connectivity index (χ4n) is 3.74. The summed E-state index contributed by atoms with van der Waals surface area (Å²) in [5, 5.41) is 5.43. The average Bonchev–Trinajstić information content (AvgIpc) is 3.15. The largest absolute Gasteiger partial charge is 0.493 e. The summed E-state index contributed by atoms with van der Waals surface area (Å²) in [6.07, 6.45) is 1.87. The molecule has 2 heterocycles. The van der Waals surface area contributed by atoms with Crippen molar-refractivity contribution in [1.82, 2.24) is 14.7 Å². The maximum atomic E-state index is 6.04. The molecular formula is C24H28ClN3O2. The molecule has 158 valence electrons. The van der Waals surface area contributed by atoms with E-state index in [0.29, 0.717) is 11.6 Å². The lowest BCUT2D eigenvalue weighted by Gasteiger charge is -2.32. The van der Waals surface area contributed by atoms with Crippen molar-refractivity contribution in [2.45, 2.75) is 18.9 Å². The predicted octanol–water partition coefficient (Wildman–Crippen LogP) is 4.31. The van der Waals surface area contributed by atoms with Crippen molar-refractivity contribution in [3.05, 3.63) is 82.6 Å². The standard InChI is InChI=1S/C24H28ClN3O2/c1-27-21(12-15-29-22-9-7-20(25)8-10-22)17-23(26-27)24-18-28(14-16-30-24)13-11-19-5-3-2-4-6-19/h2-10,17,24H,11-16,18H2,1H3/t24-/m0/s1. The van der Waals surface area contributed by atoms with E-state index < -0.39 is 0 Å². The van der Waals surface area contributed by atoms with Gasteiger partial charge in [-0.25, -0.2) is 0 Å². The molecule has 1 fully saturated rings. The van der Waals surface area contributed by atoms with Crippen molar-refractivity contribution in [2.24, 2.45) is 7.05 Å². The smallest absolute Gasteiger partial charge is 0.119 e. The van der Waals surface area contributed by atoms with Crippen LogP contribution in [0.2, 0.25) is 5.02 Å². The molecule has 0 radical (unpaired) electrons. The molecule has 0 bridgehead atoms. The van der Waals surface area contributed by atoms with E-state index in [-0.39, 0.29) is 6.10 Å². The Bertz CT molecular complexity index is 927. The van der Waals surface area contributed by atoms with Crippen molar-refractivity contribution in [1.29, 1.82) is 0 Å². The second-order valence-corrected chi connectivity index (χ2v) is 8.07. The summed E-state index contributed by atoms with van der Waals surface area (Å²) in [6.45, 7) is 4.22. The van der Waals surface area contributed by atoms with Crippen molar-refractivity contribution in [2.75, 3.05) is 32.8 Å². The highest BCUT2D eigenvalue weighted by Gasteiger charge is 2.24. The Morgan fingerprint density at radius 2 is 1.90 bits per heavy atom. The number of rotatable bonds is 8. The molecule has 4 rings (SSSR count). The zero-order chi connectivity index (χ0) is 20.8. The summed E-state index contributed by atoms with van der Waals surface area (Å²) in [5.41, 5.74) is 3.52. The number of halogens is 1. The number of aromatic nitrogens is 2. The van der Waals surface area contributed by atoms with E-state index in [2.05, 4.69) is 41.3 Å². The molecule has 2 aromatic carbocycles. The van der Waals surface area contributed by atoms with Crippen LogP contribution in [0.1, 0.15) is 23.1 Å². The molecule has 0 amide bonds. The van der Waals surface area contributed by atoms with Gasteiger partial charge in [-0.15, -0.1) is 0 Å². The lowest BCUT2D eigenvalue weighted by atomic mass is 10.1. The quantitative estimate of drug-likeness (QED) is 0.539. The average molecular weight is 426 g/mol. The molecule has 5 nitrogen and oxygen atoms in total. The molecule has 1 saturated heterocycles. The van der Waals surface area contributed by atoms with Gasteiger partial charge < -0.3 is 9.47 Å². The molecule has 0 unspecified atom stereocenters. The molecule has 3 aromatic rings. The van der Waals surface area contributed by atoms with Crippen LogP contribution in [0.4, 0.5) is 0 Å². The highest BCUT2D eigenvalue weighted by Crippen LogP contribution is 2.23. The minimum absolute atomic E-state index is 0.0201. The third-order valence-electron chi connectivity index (χ3n) is 5.48. The van der Waals surface area contributed by atoms with E-state index in [0.717, 1.165) is 56.2 Å². The van der Waals surface area contributed by atoms with Crippen LogP contribution in [0.15, 0.2) is 60.7 Å². The van der Waals surface area contributed by atoms with E-state index in [9.17, 15) is 0 Å². The maximum absolute atomic E-state index is 6.04. The van der Waals surface area contributed by atoms with E-state index in [1.807, 2.05) is 36.0 Å². The Morgan fingerprint density at radius 3 is 2.70 bits per heavy atom. The van der Waals surface area contributed by atoms with Gasteiger partial charge in [0.1, 0.15) is 11.9 Å². The van der Waals surface area contributed by atoms with Crippen LogP contribution >= 0.6 is 11.6 Å². The highest BCUT2D eigenvalue weighted by atomic mass is 35.5. The molecule has 1 aromatic heterocycles. The fraction of sp³-hybridized carbons (Fsp3) is 0.375. The summed E-state index contributed by atoms with van der Waals surface area (Å²) in [4.78, 5) is 2.47. The maximum Gasteiger partial charge on any atom is 0.119 e. The minimum Gasteiger partial charge on any atom is -0.493 e. The SMILES string of the molecule is Cn1nc([C@@H]2CN(CCc3ccccc3)CCO2)cc1CCOc1ccc(Cl)cc1. The Hall–Kier alpha value is -2.34. The van der Waals surface area contributed by atoms with Gasteiger partial charge in [0.05, 0.1) is 18.9 Å². The van der Waals surface area contributed by atoms with E-state index in [1.54, 1.807) is 0 Å². The van der Waals surface area contributed by atoms with Gasteiger partial charge in [0.25, 0.3) is 0 Å². The molecule has 0 saturated carbocycles. The lowest BCUT2D eigenvalue weighted by Crippen LogP contribution is -2.39. The first kappa shape index (κ1) is 20.9. The van der Waals surface area contributed by atoms with Gasteiger partial charge in [-0.2, -0.15) is 5.10 Å². The summed E-state index contributed by atoms with van der Waals surface area (Å²) >= 11 is 5.92. The minimum atomic E-state index is 0.0201. The van der Waals surface area contributed by atoms with Gasteiger partial charge in [-0.3, -0.25) is 9.58 Å². The first-order chi connectivity index (χ1) is 14.7. The summed E-state index contributed by atoms with van der Waals surface area (Å²) in [6, 6.07) is 20.2. The Morgan fingerprint density at radius 1 is 1.10 bits per heavy atom. The van der Waals surface area contributed by atoms with Crippen LogP contribution in [-0.4, -0.2) is 47.5 Å². The summed E-state index contributed by atoms with van der Waals surface area (Å²) in [5.74, 6) is 0.825. The van der Waals surface area contributed by atoms with Crippen LogP contribution in [-0.2, 0) is 24.6 Å². The zero-order valence-corrected chi connectivity index (χ0v) is 18.1. The van der Waals surface area contributed by atoms with E-state index >= 15 is 0 Å². The van der Waals surface area contributed by atoms with Crippen molar-refractivity contribution >= 4 is 11.6 Å². The number of benzene rings is 2. The Kier molecular flexibility index (Phi) is 7.05. The molecule has 30 heavy (non-hydrogen) atoms. The molecular weight excluding hydrogens is 398 g/mol. The number of morpholine rings is 1. The van der Waals surface area contributed by atoms with Crippen LogP contribution in [0.25, 0.3) is 0 Å². The summed E-state index contributed by atoms with van der Waals surface area (Å²) in [7, 11) is 1.98. The molecule has 6 heteroatoms. The van der Waals surface area contributed by atoms with Gasteiger partial charge in [0, 0.05) is 43.8 Å². The molecule has 0 aliphatic carbocycles. The number of hydrogen-bond acceptors (Lipinski definition) is 4. The number of hydrogen-bond donors (Lipinski definition) is 0. The molecule has 1 aliphatic rings. The highest BCUT2D eigenvalue weighted by molar-refractivity contribution is 6.30. The Balaban J connectivity index is 1.29. The van der Waals surface area contributed by atoms with Crippen LogP contribution in [0, 0.1) is 0 Å². The number of nitrogens with zero attached hydrogens (tertiary/aromatic N) is 3. The monoisotopic (exact) mass is 425 g/mol. The van der Waals surface area contributed by atoms with E-state index in [1.165, 1.54) is 5.56 Å². The van der Waals surface area contributed by atoms with Crippen LogP contribution < -0.4 is 4.74 Å². The fourth-order valence-corrected chi connectivity index (χ4v) is 3.87.